The third kappa shape index (κ3) is 2.07. The van der Waals surface area contributed by atoms with Crippen LogP contribution in [-0.4, -0.2) is 16.1 Å². The predicted molar refractivity (Wildman–Crippen MR) is 66.6 cm³/mol. The monoisotopic (exact) mass is 244 g/mol. The first kappa shape index (κ1) is 11.2. The summed E-state index contributed by atoms with van der Waals surface area (Å²) in [6.45, 7) is 0. The maximum atomic E-state index is 13.2. The Morgan fingerprint density at radius 1 is 1.28 bits per heavy atom. The molecule has 0 saturated heterocycles. The molecule has 0 radical (unpaired) electrons. The molecule has 3 N–H and O–H groups in total. The first-order valence-electron chi connectivity index (χ1n) is 5.85. The van der Waals surface area contributed by atoms with Crippen molar-refractivity contribution in [2.24, 2.45) is 5.73 Å². The maximum absolute atomic E-state index is 13.2. The highest BCUT2D eigenvalue weighted by Gasteiger charge is 2.34. The maximum Gasteiger partial charge on any atom is 0.127 e. The lowest BCUT2D eigenvalue weighted by Gasteiger charge is -2.04. The van der Waals surface area contributed by atoms with E-state index >= 15 is 0 Å². The largest absolute Gasteiger partial charge is 0.508 e. The van der Waals surface area contributed by atoms with E-state index in [0.717, 1.165) is 18.1 Å². The molecule has 1 aromatic heterocycles. The van der Waals surface area contributed by atoms with Crippen LogP contribution >= 0.6 is 0 Å². The van der Waals surface area contributed by atoms with Gasteiger partial charge in [-0.1, -0.05) is 6.07 Å². The standard InChI is InChI=1S/C14H13FN2O/c15-10-3-9(4-11(18)5-10)14-2-1-8(7-17-14)12-6-13(12)16/h1-5,7,12-13,18H,6,16H2/t12-,13+/m0/s1. The Labute approximate surface area is 104 Å². The molecule has 0 amide bonds. The number of rotatable bonds is 2. The van der Waals surface area contributed by atoms with Gasteiger partial charge in [-0.3, -0.25) is 4.98 Å². The predicted octanol–water partition coefficient (Wildman–Crippen LogP) is 2.41. The first-order chi connectivity index (χ1) is 8.63. The second-order valence-electron chi connectivity index (χ2n) is 4.68. The van der Waals surface area contributed by atoms with Crippen molar-refractivity contribution in [2.45, 2.75) is 18.4 Å². The third-order valence-corrected chi connectivity index (χ3v) is 3.23. The highest BCUT2D eigenvalue weighted by molar-refractivity contribution is 5.61. The fourth-order valence-electron chi connectivity index (χ4n) is 2.12. The number of phenolic OH excluding ortho intramolecular Hbond substituents is 1. The molecular formula is C14H13FN2O. The average Bonchev–Trinajstić information content (AvgIpc) is 3.05. The van der Waals surface area contributed by atoms with Crippen LogP contribution in [0, 0.1) is 5.82 Å². The van der Waals surface area contributed by atoms with Gasteiger partial charge in [0, 0.05) is 29.8 Å². The topological polar surface area (TPSA) is 59.1 Å². The number of nitrogens with two attached hydrogens (primary N) is 1. The lowest BCUT2D eigenvalue weighted by Crippen LogP contribution is -2.01. The van der Waals surface area contributed by atoms with Gasteiger partial charge in [0.2, 0.25) is 0 Å². The number of aromatic hydroxyl groups is 1. The number of aromatic nitrogens is 1. The minimum Gasteiger partial charge on any atom is -0.508 e. The van der Waals surface area contributed by atoms with Gasteiger partial charge in [0.05, 0.1) is 5.69 Å². The fourth-order valence-corrected chi connectivity index (χ4v) is 2.12. The number of hydrogen-bond acceptors (Lipinski definition) is 3. The molecule has 1 aliphatic rings. The van der Waals surface area contributed by atoms with Gasteiger partial charge in [-0.15, -0.1) is 0 Å². The Morgan fingerprint density at radius 3 is 2.61 bits per heavy atom. The van der Waals surface area contributed by atoms with E-state index in [1.165, 1.54) is 12.1 Å². The minimum absolute atomic E-state index is 0.0971. The van der Waals surface area contributed by atoms with E-state index in [2.05, 4.69) is 4.98 Å². The lowest BCUT2D eigenvalue weighted by atomic mass is 10.1. The number of nitrogens with zero attached hydrogens (tertiary/aromatic N) is 1. The molecule has 1 aromatic carbocycles. The molecular weight excluding hydrogens is 231 g/mol. The number of halogens is 1. The molecule has 1 heterocycles. The highest BCUT2D eigenvalue weighted by atomic mass is 19.1. The van der Waals surface area contributed by atoms with Gasteiger partial charge >= 0.3 is 0 Å². The molecule has 1 saturated carbocycles. The van der Waals surface area contributed by atoms with Crippen molar-refractivity contribution in [3.05, 3.63) is 47.9 Å². The van der Waals surface area contributed by atoms with Crippen LogP contribution < -0.4 is 5.73 Å². The highest BCUT2D eigenvalue weighted by Crippen LogP contribution is 2.38. The van der Waals surface area contributed by atoms with Crippen LogP contribution in [0.3, 0.4) is 0 Å². The van der Waals surface area contributed by atoms with Crippen molar-refractivity contribution in [3.8, 4) is 17.0 Å². The fraction of sp³-hybridized carbons (Fsp3) is 0.214. The van der Waals surface area contributed by atoms with Gasteiger partial charge in [-0.25, -0.2) is 4.39 Å². The third-order valence-electron chi connectivity index (χ3n) is 3.23. The second kappa shape index (κ2) is 4.07. The van der Waals surface area contributed by atoms with Crippen molar-refractivity contribution < 1.29 is 9.50 Å². The molecule has 4 heteroatoms. The van der Waals surface area contributed by atoms with E-state index in [9.17, 15) is 9.50 Å². The van der Waals surface area contributed by atoms with Crippen LogP contribution in [0.5, 0.6) is 5.75 Å². The Morgan fingerprint density at radius 2 is 2.06 bits per heavy atom. The zero-order valence-electron chi connectivity index (χ0n) is 9.68. The molecule has 1 fully saturated rings. The average molecular weight is 244 g/mol. The van der Waals surface area contributed by atoms with Gasteiger partial charge in [0.1, 0.15) is 11.6 Å². The van der Waals surface area contributed by atoms with E-state index in [0.29, 0.717) is 17.2 Å². The van der Waals surface area contributed by atoms with E-state index < -0.39 is 5.82 Å². The van der Waals surface area contributed by atoms with Crippen molar-refractivity contribution in [3.63, 3.8) is 0 Å². The van der Waals surface area contributed by atoms with Crippen LogP contribution in [-0.2, 0) is 0 Å². The van der Waals surface area contributed by atoms with Crippen molar-refractivity contribution in [1.29, 1.82) is 0 Å². The summed E-state index contributed by atoms with van der Waals surface area (Å²) < 4.78 is 13.2. The van der Waals surface area contributed by atoms with Crippen molar-refractivity contribution in [2.75, 3.05) is 0 Å². The van der Waals surface area contributed by atoms with Crippen LogP contribution in [0.25, 0.3) is 11.3 Å². The van der Waals surface area contributed by atoms with Crippen molar-refractivity contribution >= 4 is 0 Å². The molecule has 2 atom stereocenters. The van der Waals surface area contributed by atoms with Crippen LogP contribution in [0.4, 0.5) is 4.39 Å². The van der Waals surface area contributed by atoms with Crippen LogP contribution in [0.1, 0.15) is 17.9 Å². The summed E-state index contributed by atoms with van der Waals surface area (Å²) in [6.07, 6.45) is 2.77. The Balaban J connectivity index is 1.92. The summed E-state index contributed by atoms with van der Waals surface area (Å²) >= 11 is 0. The molecule has 18 heavy (non-hydrogen) atoms. The summed E-state index contributed by atoms with van der Waals surface area (Å²) in [5.74, 6) is -0.160. The molecule has 0 aliphatic heterocycles. The molecule has 0 unspecified atom stereocenters. The van der Waals surface area contributed by atoms with E-state index in [1.54, 1.807) is 6.20 Å². The zero-order valence-corrected chi connectivity index (χ0v) is 9.68. The number of benzene rings is 1. The second-order valence-corrected chi connectivity index (χ2v) is 4.68. The van der Waals surface area contributed by atoms with E-state index in [4.69, 9.17) is 5.73 Å². The molecule has 2 aromatic rings. The Hall–Kier alpha value is -1.94. The quantitative estimate of drug-likeness (QED) is 0.852. The Bertz CT molecular complexity index is 563. The summed E-state index contributed by atoms with van der Waals surface area (Å²) in [7, 11) is 0. The van der Waals surface area contributed by atoms with Gasteiger partial charge in [-0.2, -0.15) is 0 Å². The van der Waals surface area contributed by atoms with Gasteiger partial charge < -0.3 is 10.8 Å². The Kier molecular flexibility index (Phi) is 2.52. The summed E-state index contributed by atoms with van der Waals surface area (Å²) in [5, 5.41) is 9.36. The van der Waals surface area contributed by atoms with E-state index in [1.807, 2.05) is 12.1 Å². The molecule has 3 nitrogen and oxygen atoms in total. The van der Waals surface area contributed by atoms with Crippen LogP contribution in [0.15, 0.2) is 36.5 Å². The SMILES string of the molecule is N[C@@H]1C[C@H]1c1ccc(-c2cc(O)cc(F)c2)nc1. The molecule has 3 rings (SSSR count). The van der Waals surface area contributed by atoms with Crippen LogP contribution in [0.2, 0.25) is 0 Å². The molecule has 0 bridgehead atoms. The van der Waals surface area contributed by atoms with Crippen molar-refractivity contribution in [1.82, 2.24) is 4.98 Å². The van der Waals surface area contributed by atoms with Gasteiger partial charge in [0.25, 0.3) is 0 Å². The summed E-state index contributed by atoms with van der Waals surface area (Å²) in [4.78, 5) is 4.29. The first-order valence-corrected chi connectivity index (χ1v) is 5.85. The van der Waals surface area contributed by atoms with Gasteiger partial charge in [0.15, 0.2) is 0 Å². The number of hydrogen-bond donors (Lipinski definition) is 2. The molecule has 0 spiro atoms. The normalized spacial score (nSPS) is 21.9. The van der Waals surface area contributed by atoms with Gasteiger partial charge in [-0.05, 0) is 30.2 Å². The summed E-state index contributed by atoms with van der Waals surface area (Å²) in [6, 6.07) is 7.95. The zero-order chi connectivity index (χ0) is 12.7. The molecule has 92 valence electrons. The number of pyridine rings is 1. The lowest BCUT2D eigenvalue weighted by molar-refractivity contribution is 0.469. The van der Waals surface area contributed by atoms with E-state index in [-0.39, 0.29) is 11.8 Å². The minimum atomic E-state index is -0.472. The number of phenols is 1. The summed E-state index contributed by atoms with van der Waals surface area (Å²) in [5.41, 5.74) is 8.10. The molecule has 1 aliphatic carbocycles. The smallest absolute Gasteiger partial charge is 0.127 e.